The van der Waals surface area contributed by atoms with E-state index in [0.29, 0.717) is 6.54 Å². The van der Waals surface area contributed by atoms with E-state index < -0.39 is 11.6 Å². The van der Waals surface area contributed by atoms with E-state index in [1.165, 1.54) is 4.90 Å². The molecule has 1 aliphatic heterocycles. The summed E-state index contributed by atoms with van der Waals surface area (Å²) in [6.45, 7) is 6.03. The van der Waals surface area contributed by atoms with Gasteiger partial charge in [-0.25, -0.2) is 0 Å². The zero-order valence-corrected chi connectivity index (χ0v) is 9.66. The Bertz CT molecular complexity index is 270. The van der Waals surface area contributed by atoms with Crippen molar-refractivity contribution in [1.29, 1.82) is 0 Å². The van der Waals surface area contributed by atoms with Crippen LogP contribution in [0.25, 0.3) is 0 Å². The van der Waals surface area contributed by atoms with Gasteiger partial charge in [0.15, 0.2) is 0 Å². The fourth-order valence-electron chi connectivity index (χ4n) is 1.32. The SMILES string of the molecule is CN1CC(C(=O)OC(C)(C)C)NCC1=O. The summed E-state index contributed by atoms with van der Waals surface area (Å²) in [6, 6.07) is -0.410. The molecule has 86 valence electrons. The van der Waals surface area contributed by atoms with Gasteiger partial charge in [0.25, 0.3) is 0 Å². The highest BCUT2D eigenvalue weighted by Gasteiger charge is 2.30. The van der Waals surface area contributed by atoms with E-state index in [1.807, 2.05) is 20.8 Å². The van der Waals surface area contributed by atoms with E-state index in [1.54, 1.807) is 7.05 Å². The summed E-state index contributed by atoms with van der Waals surface area (Å²) in [5.41, 5.74) is -0.487. The predicted molar refractivity (Wildman–Crippen MR) is 55.3 cm³/mol. The van der Waals surface area contributed by atoms with Crippen LogP contribution in [-0.4, -0.2) is 48.6 Å². The number of rotatable bonds is 1. The molecule has 1 saturated heterocycles. The van der Waals surface area contributed by atoms with Gasteiger partial charge in [-0.1, -0.05) is 0 Å². The Morgan fingerprint density at radius 3 is 2.60 bits per heavy atom. The summed E-state index contributed by atoms with van der Waals surface area (Å²) in [6.07, 6.45) is 0. The Morgan fingerprint density at radius 1 is 1.53 bits per heavy atom. The molecule has 1 aliphatic rings. The van der Waals surface area contributed by atoms with Crippen LogP contribution in [0.3, 0.4) is 0 Å². The molecule has 1 fully saturated rings. The number of carbonyl (C=O) groups excluding carboxylic acids is 2. The summed E-state index contributed by atoms with van der Waals surface area (Å²) in [4.78, 5) is 24.3. The lowest BCUT2D eigenvalue weighted by Gasteiger charge is -2.31. The number of ether oxygens (including phenoxy) is 1. The molecule has 1 amide bonds. The maximum atomic E-state index is 11.6. The summed E-state index contributed by atoms with van der Waals surface area (Å²) in [7, 11) is 1.68. The fourth-order valence-corrected chi connectivity index (χ4v) is 1.32. The predicted octanol–water partition coefficient (Wildman–Crippen LogP) is -0.242. The number of carbonyl (C=O) groups is 2. The topological polar surface area (TPSA) is 58.6 Å². The molecule has 5 heteroatoms. The van der Waals surface area contributed by atoms with Crippen molar-refractivity contribution >= 4 is 11.9 Å². The number of hydrogen-bond acceptors (Lipinski definition) is 4. The normalized spacial score (nSPS) is 22.8. The highest BCUT2D eigenvalue weighted by atomic mass is 16.6. The zero-order chi connectivity index (χ0) is 11.6. The first-order valence-corrected chi connectivity index (χ1v) is 5.00. The lowest BCUT2D eigenvalue weighted by molar-refractivity contribution is -0.159. The highest BCUT2D eigenvalue weighted by molar-refractivity contribution is 5.84. The van der Waals surface area contributed by atoms with Gasteiger partial charge in [-0.15, -0.1) is 0 Å². The molecule has 0 bridgehead atoms. The monoisotopic (exact) mass is 214 g/mol. The number of esters is 1. The van der Waals surface area contributed by atoms with Crippen LogP contribution < -0.4 is 5.32 Å². The molecule has 0 aromatic rings. The molecule has 0 spiro atoms. The van der Waals surface area contributed by atoms with Crippen LogP contribution in [0.2, 0.25) is 0 Å². The van der Waals surface area contributed by atoms with Gasteiger partial charge in [-0.05, 0) is 20.8 Å². The van der Waals surface area contributed by atoms with E-state index in [0.717, 1.165) is 0 Å². The molecule has 1 heterocycles. The molecule has 0 aromatic heterocycles. The third kappa shape index (κ3) is 3.51. The third-order valence-corrected chi connectivity index (χ3v) is 2.07. The molecular weight excluding hydrogens is 196 g/mol. The van der Waals surface area contributed by atoms with Crippen LogP contribution in [-0.2, 0) is 14.3 Å². The second-order valence-electron chi connectivity index (χ2n) is 4.74. The molecule has 5 nitrogen and oxygen atoms in total. The highest BCUT2D eigenvalue weighted by Crippen LogP contribution is 2.10. The summed E-state index contributed by atoms with van der Waals surface area (Å²) >= 11 is 0. The quantitative estimate of drug-likeness (QED) is 0.612. The molecule has 1 rings (SSSR count). The number of amides is 1. The summed E-state index contributed by atoms with van der Waals surface area (Å²) in [5.74, 6) is -0.309. The minimum Gasteiger partial charge on any atom is -0.459 e. The minimum atomic E-state index is -0.487. The minimum absolute atomic E-state index is 0.00481. The molecule has 0 saturated carbocycles. The van der Waals surface area contributed by atoms with Crippen molar-refractivity contribution in [2.24, 2.45) is 0 Å². The Labute approximate surface area is 89.8 Å². The van der Waals surface area contributed by atoms with Gasteiger partial charge >= 0.3 is 5.97 Å². The summed E-state index contributed by atoms with van der Waals surface area (Å²) < 4.78 is 5.22. The molecule has 0 aromatic carbocycles. The first kappa shape index (κ1) is 12.0. The Hall–Kier alpha value is -1.10. The van der Waals surface area contributed by atoms with Gasteiger partial charge in [0.2, 0.25) is 5.91 Å². The first-order valence-electron chi connectivity index (χ1n) is 5.00. The number of piperazine rings is 1. The third-order valence-electron chi connectivity index (χ3n) is 2.07. The smallest absolute Gasteiger partial charge is 0.325 e. The van der Waals surface area contributed by atoms with Crippen molar-refractivity contribution in [1.82, 2.24) is 10.2 Å². The molecule has 0 aliphatic carbocycles. The van der Waals surface area contributed by atoms with E-state index in [9.17, 15) is 9.59 Å². The van der Waals surface area contributed by atoms with Gasteiger partial charge in [0.1, 0.15) is 11.6 Å². The van der Waals surface area contributed by atoms with E-state index in [-0.39, 0.29) is 18.4 Å². The van der Waals surface area contributed by atoms with E-state index in [2.05, 4.69) is 5.32 Å². The van der Waals surface area contributed by atoms with Crippen molar-refractivity contribution in [3.05, 3.63) is 0 Å². The maximum Gasteiger partial charge on any atom is 0.325 e. The maximum absolute atomic E-state index is 11.6. The molecule has 15 heavy (non-hydrogen) atoms. The van der Waals surface area contributed by atoms with E-state index in [4.69, 9.17) is 4.74 Å². The number of hydrogen-bond donors (Lipinski definition) is 1. The van der Waals surface area contributed by atoms with Crippen molar-refractivity contribution < 1.29 is 14.3 Å². The van der Waals surface area contributed by atoms with Gasteiger partial charge in [0.05, 0.1) is 6.54 Å². The Balaban J connectivity index is 2.51. The zero-order valence-electron chi connectivity index (χ0n) is 9.66. The average Bonchev–Trinajstić information content (AvgIpc) is 2.06. The van der Waals surface area contributed by atoms with Crippen molar-refractivity contribution in [2.75, 3.05) is 20.1 Å². The first-order chi connectivity index (χ1) is 6.79. The van der Waals surface area contributed by atoms with Crippen LogP contribution in [0.4, 0.5) is 0 Å². The van der Waals surface area contributed by atoms with E-state index >= 15 is 0 Å². The Morgan fingerprint density at radius 2 is 2.13 bits per heavy atom. The lowest BCUT2D eigenvalue weighted by Crippen LogP contribution is -2.56. The second kappa shape index (κ2) is 4.18. The van der Waals surface area contributed by atoms with Gasteiger partial charge < -0.3 is 9.64 Å². The lowest BCUT2D eigenvalue weighted by atomic mass is 10.1. The van der Waals surface area contributed by atoms with Gasteiger partial charge in [-0.2, -0.15) is 0 Å². The van der Waals surface area contributed by atoms with Crippen LogP contribution in [0.5, 0.6) is 0 Å². The number of likely N-dealkylation sites (N-methyl/N-ethyl adjacent to an activating group) is 1. The largest absolute Gasteiger partial charge is 0.459 e. The molecule has 0 radical (unpaired) electrons. The summed E-state index contributed by atoms with van der Waals surface area (Å²) in [5, 5.41) is 2.86. The van der Waals surface area contributed by atoms with Crippen molar-refractivity contribution in [3.8, 4) is 0 Å². The Kier molecular flexibility index (Phi) is 3.34. The van der Waals surface area contributed by atoms with Gasteiger partial charge in [0, 0.05) is 13.6 Å². The molecule has 1 atom stereocenters. The van der Waals surface area contributed by atoms with Crippen LogP contribution >= 0.6 is 0 Å². The van der Waals surface area contributed by atoms with Crippen LogP contribution in [0, 0.1) is 0 Å². The molecular formula is C10H18N2O3. The van der Waals surface area contributed by atoms with Crippen molar-refractivity contribution in [3.63, 3.8) is 0 Å². The number of nitrogens with one attached hydrogen (secondary N) is 1. The molecule has 1 unspecified atom stereocenters. The van der Waals surface area contributed by atoms with Gasteiger partial charge in [-0.3, -0.25) is 14.9 Å². The standard InChI is InChI=1S/C10H18N2O3/c1-10(2,3)15-9(14)7-6-12(4)8(13)5-11-7/h7,11H,5-6H2,1-4H3. The van der Waals surface area contributed by atoms with Crippen molar-refractivity contribution in [2.45, 2.75) is 32.4 Å². The average molecular weight is 214 g/mol. The fraction of sp³-hybridized carbons (Fsp3) is 0.800. The molecule has 1 N–H and O–H groups in total. The second-order valence-corrected chi connectivity index (χ2v) is 4.74. The van der Waals surface area contributed by atoms with Crippen LogP contribution in [0.1, 0.15) is 20.8 Å². The number of nitrogens with zero attached hydrogens (tertiary/aromatic N) is 1. The van der Waals surface area contributed by atoms with Crippen LogP contribution in [0.15, 0.2) is 0 Å².